The number of rotatable bonds is 3. The Kier molecular flexibility index (Phi) is 5.48. The van der Waals surface area contributed by atoms with E-state index in [4.69, 9.17) is 27.6 Å². The molecule has 0 aliphatic carbocycles. The zero-order valence-electron chi connectivity index (χ0n) is 15.4. The molecule has 0 bridgehead atoms. The number of hydrogen-bond acceptors (Lipinski definition) is 5. The third-order valence-electron chi connectivity index (χ3n) is 4.98. The molecule has 3 aromatic rings. The van der Waals surface area contributed by atoms with Gasteiger partial charge in [0.2, 0.25) is 0 Å². The summed E-state index contributed by atoms with van der Waals surface area (Å²) in [6, 6.07) is 18.9. The minimum atomic E-state index is -0.670. The van der Waals surface area contributed by atoms with Gasteiger partial charge >= 0.3 is 5.63 Å². The second-order valence-corrected chi connectivity index (χ2v) is 7.55. The Morgan fingerprint density at radius 3 is 2.28 bits per heavy atom. The zero-order valence-corrected chi connectivity index (χ0v) is 17.0. The predicted molar refractivity (Wildman–Crippen MR) is 116 cm³/mol. The van der Waals surface area contributed by atoms with E-state index in [1.165, 1.54) is 0 Å². The van der Waals surface area contributed by atoms with Crippen LogP contribution in [-0.4, -0.2) is 26.2 Å². The van der Waals surface area contributed by atoms with Gasteiger partial charge < -0.3 is 14.2 Å². The molecule has 0 atom stereocenters. The lowest BCUT2D eigenvalue weighted by Crippen LogP contribution is -2.47. The van der Waals surface area contributed by atoms with Crippen LogP contribution in [-0.2, 0) is 0 Å². The Balaban J connectivity index is 1.66. The van der Waals surface area contributed by atoms with Gasteiger partial charge in [-0.1, -0.05) is 41.4 Å². The molecule has 0 radical (unpaired) electrons. The van der Waals surface area contributed by atoms with Crippen molar-refractivity contribution in [2.75, 3.05) is 36.0 Å². The fourth-order valence-corrected chi connectivity index (χ4v) is 4.00. The molecule has 0 unspecified atom stereocenters. The minimum Gasteiger partial charge on any atom is -0.422 e. The smallest absolute Gasteiger partial charge is 0.356 e. The summed E-state index contributed by atoms with van der Waals surface area (Å²) in [7, 11) is 0. The van der Waals surface area contributed by atoms with E-state index in [0.717, 1.165) is 18.8 Å². The number of anilines is 2. The summed E-state index contributed by atoms with van der Waals surface area (Å²) in [6.45, 7) is 2.93. The zero-order chi connectivity index (χ0) is 20.4. The van der Waals surface area contributed by atoms with Crippen LogP contribution in [0.25, 0.3) is 11.3 Å². The molecule has 2 heterocycles. The van der Waals surface area contributed by atoms with Crippen molar-refractivity contribution in [3.63, 3.8) is 0 Å². The van der Waals surface area contributed by atoms with Crippen LogP contribution in [0.3, 0.4) is 0 Å². The summed E-state index contributed by atoms with van der Waals surface area (Å²) in [4.78, 5) is 16.8. The first-order chi connectivity index (χ1) is 14.1. The van der Waals surface area contributed by atoms with Crippen LogP contribution in [0.15, 0.2) is 63.8 Å². The van der Waals surface area contributed by atoms with Crippen molar-refractivity contribution in [2.45, 2.75) is 0 Å². The van der Waals surface area contributed by atoms with Crippen LogP contribution >= 0.6 is 23.2 Å². The van der Waals surface area contributed by atoms with Crippen molar-refractivity contribution in [3.8, 4) is 17.4 Å². The largest absolute Gasteiger partial charge is 0.422 e. The fraction of sp³-hybridized carbons (Fsp3) is 0.182. The molecule has 7 heteroatoms. The van der Waals surface area contributed by atoms with Crippen molar-refractivity contribution >= 4 is 34.6 Å². The van der Waals surface area contributed by atoms with Gasteiger partial charge in [0.05, 0.1) is 10.7 Å². The van der Waals surface area contributed by atoms with Crippen molar-refractivity contribution < 1.29 is 4.42 Å². The standard InChI is InChI=1S/C22H17Cl2N3O2/c23-15-6-7-17(19(24)12-15)21-13-20(18(14-25)22(28)29-21)27-10-8-26(9-11-27)16-4-2-1-3-5-16/h1-7,12-13H,8-11H2. The van der Waals surface area contributed by atoms with Crippen molar-refractivity contribution in [1.29, 1.82) is 5.26 Å². The number of nitriles is 1. The Bertz CT molecular complexity index is 1130. The molecule has 29 heavy (non-hydrogen) atoms. The van der Waals surface area contributed by atoms with Gasteiger partial charge in [0.25, 0.3) is 0 Å². The molecule has 1 aliphatic heterocycles. The van der Waals surface area contributed by atoms with Gasteiger partial charge in [-0.2, -0.15) is 5.26 Å². The third kappa shape index (κ3) is 3.95. The van der Waals surface area contributed by atoms with E-state index in [0.29, 0.717) is 40.1 Å². The summed E-state index contributed by atoms with van der Waals surface area (Å²) in [5.41, 5.74) is 1.62. The van der Waals surface area contributed by atoms with Crippen LogP contribution in [0.5, 0.6) is 0 Å². The molecule has 1 fully saturated rings. The fourth-order valence-electron chi connectivity index (χ4n) is 3.50. The van der Waals surface area contributed by atoms with E-state index in [1.54, 1.807) is 24.3 Å². The molecule has 1 aromatic heterocycles. The average molecular weight is 426 g/mol. The van der Waals surface area contributed by atoms with Crippen LogP contribution in [0.1, 0.15) is 5.56 Å². The lowest BCUT2D eigenvalue weighted by atomic mass is 10.1. The van der Waals surface area contributed by atoms with E-state index in [-0.39, 0.29) is 5.56 Å². The molecular weight excluding hydrogens is 409 g/mol. The number of hydrogen-bond donors (Lipinski definition) is 0. The lowest BCUT2D eigenvalue weighted by molar-refractivity contribution is 0.521. The predicted octanol–water partition coefficient (Wildman–Crippen LogP) is 4.81. The highest BCUT2D eigenvalue weighted by Gasteiger charge is 2.23. The maximum atomic E-state index is 12.5. The number of halogens is 2. The van der Waals surface area contributed by atoms with Gasteiger partial charge in [0, 0.05) is 48.5 Å². The molecule has 2 aromatic carbocycles. The molecule has 146 valence electrons. The number of nitrogens with zero attached hydrogens (tertiary/aromatic N) is 3. The topological polar surface area (TPSA) is 60.5 Å². The highest BCUT2D eigenvalue weighted by molar-refractivity contribution is 6.36. The van der Waals surface area contributed by atoms with Crippen LogP contribution < -0.4 is 15.4 Å². The first kappa shape index (κ1) is 19.4. The first-order valence-corrected chi connectivity index (χ1v) is 9.91. The molecule has 4 rings (SSSR count). The molecule has 5 nitrogen and oxygen atoms in total. The Morgan fingerprint density at radius 1 is 0.931 bits per heavy atom. The molecule has 0 N–H and O–H groups in total. The Hall–Kier alpha value is -2.94. The normalized spacial score (nSPS) is 14.0. The lowest BCUT2D eigenvalue weighted by Gasteiger charge is -2.37. The SMILES string of the molecule is N#Cc1c(N2CCN(c3ccccc3)CC2)cc(-c2ccc(Cl)cc2Cl)oc1=O. The monoisotopic (exact) mass is 425 g/mol. The quantitative estimate of drug-likeness (QED) is 0.602. The summed E-state index contributed by atoms with van der Waals surface area (Å²) in [5.74, 6) is 0.316. The summed E-state index contributed by atoms with van der Waals surface area (Å²) in [5, 5.41) is 10.4. The highest BCUT2D eigenvalue weighted by atomic mass is 35.5. The van der Waals surface area contributed by atoms with E-state index in [1.807, 2.05) is 29.2 Å². The molecular formula is C22H17Cl2N3O2. The van der Waals surface area contributed by atoms with Crippen molar-refractivity contribution in [3.05, 3.63) is 80.6 Å². The number of para-hydroxylation sites is 1. The van der Waals surface area contributed by atoms with Gasteiger partial charge in [0.1, 0.15) is 11.8 Å². The summed E-state index contributed by atoms with van der Waals surface area (Å²) < 4.78 is 5.39. The van der Waals surface area contributed by atoms with E-state index >= 15 is 0 Å². The molecule has 0 saturated carbocycles. The van der Waals surface area contributed by atoms with E-state index in [2.05, 4.69) is 17.0 Å². The van der Waals surface area contributed by atoms with Crippen LogP contribution in [0.4, 0.5) is 11.4 Å². The van der Waals surface area contributed by atoms with Gasteiger partial charge in [-0.25, -0.2) is 4.79 Å². The minimum absolute atomic E-state index is 0.00648. The number of piperazine rings is 1. The molecule has 0 spiro atoms. The van der Waals surface area contributed by atoms with Gasteiger partial charge in [-0.15, -0.1) is 0 Å². The van der Waals surface area contributed by atoms with Crippen LogP contribution in [0.2, 0.25) is 10.0 Å². The maximum Gasteiger partial charge on any atom is 0.356 e. The van der Waals surface area contributed by atoms with Crippen molar-refractivity contribution in [2.24, 2.45) is 0 Å². The second-order valence-electron chi connectivity index (χ2n) is 6.70. The summed E-state index contributed by atoms with van der Waals surface area (Å²) >= 11 is 12.3. The van der Waals surface area contributed by atoms with Gasteiger partial charge in [-0.05, 0) is 30.3 Å². The van der Waals surface area contributed by atoms with Gasteiger partial charge in [0.15, 0.2) is 5.56 Å². The third-order valence-corrected chi connectivity index (χ3v) is 5.53. The highest BCUT2D eigenvalue weighted by Crippen LogP contribution is 2.33. The molecule has 0 amide bonds. The van der Waals surface area contributed by atoms with E-state index in [9.17, 15) is 10.1 Å². The maximum absolute atomic E-state index is 12.5. The first-order valence-electron chi connectivity index (χ1n) is 9.15. The van der Waals surface area contributed by atoms with E-state index < -0.39 is 5.63 Å². The molecule has 1 saturated heterocycles. The van der Waals surface area contributed by atoms with Crippen molar-refractivity contribution in [1.82, 2.24) is 0 Å². The Morgan fingerprint density at radius 2 is 1.62 bits per heavy atom. The molecule has 1 aliphatic rings. The van der Waals surface area contributed by atoms with Gasteiger partial charge in [-0.3, -0.25) is 0 Å². The second kappa shape index (κ2) is 8.20. The Labute approximate surface area is 178 Å². The average Bonchev–Trinajstić information content (AvgIpc) is 2.74. The van der Waals surface area contributed by atoms with Crippen LogP contribution in [0, 0.1) is 11.3 Å². The summed E-state index contributed by atoms with van der Waals surface area (Å²) in [6.07, 6.45) is 0. The number of benzene rings is 2.